The summed E-state index contributed by atoms with van der Waals surface area (Å²) in [7, 11) is 0. The summed E-state index contributed by atoms with van der Waals surface area (Å²) in [6.45, 7) is 1.78. The van der Waals surface area contributed by atoms with Crippen molar-refractivity contribution < 1.29 is 23.7 Å². The van der Waals surface area contributed by atoms with Gasteiger partial charge in [-0.3, -0.25) is 4.79 Å². The van der Waals surface area contributed by atoms with Crippen LogP contribution >= 0.6 is 0 Å². The number of para-hydroxylation sites is 2. The molecular formula is C18H17NO5. The van der Waals surface area contributed by atoms with E-state index in [0.717, 1.165) is 5.75 Å². The van der Waals surface area contributed by atoms with Gasteiger partial charge in [0.2, 0.25) is 0 Å². The molecule has 2 aromatic rings. The maximum atomic E-state index is 12.3. The summed E-state index contributed by atoms with van der Waals surface area (Å²) in [6.07, 6.45) is -0.221. The summed E-state index contributed by atoms with van der Waals surface area (Å²) in [5, 5.41) is 2.87. The average molecular weight is 327 g/mol. The third kappa shape index (κ3) is 2.95. The van der Waals surface area contributed by atoms with Crippen molar-refractivity contribution >= 4 is 5.91 Å². The van der Waals surface area contributed by atoms with E-state index in [9.17, 15) is 4.79 Å². The SMILES string of the molecule is O=C(NCC1COc2ccccc2O1)c1ccc2c(c1)OCCO2. The number of fused-ring (bicyclic) bond motifs is 2. The molecule has 0 bridgehead atoms. The van der Waals surface area contributed by atoms with Gasteiger partial charge in [0.1, 0.15) is 25.9 Å². The van der Waals surface area contributed by atoms with E-state index < -0.39 is 0 Å². The number of hydrogen-bond acceptors (Lipinski definition) is 5. The molecule has 2 aliphatic heterocycles. The minimum atomic E-state index is -0.221. The molecule has 6 nitrogen and oxygen atoms in total. The number of nitrogens with one attached hydrogen (secondary N) is 1. The molecule has 6 heteroatoms. The number of amides is 1. The van der Waals surface area contributed by atoms with Gasteiger partial charge in [0, 0.05) is 5.56 Å². The van der Waals surface area contributed by atoms with Gasteiger partial charge in [-0.1, -0.05) is 12.1 Å². The molecule has 2 heterocycles. The molecule has 124 valence electrons. The van der Waals surface area contributed by atoms with E-state index in [1.54, 1.807) is 18.2 Å². The van der Waals surface area contributed by atoms with E-state index in [1.807, 2.05) is 24.3 Å². The van der Waals surface area contributed by atoms with Crippen LogP contribution in [0.15, 0.2) is 42.5 Å². The lowest BCUT2D eigenvalue weighted by Gasteiger charge is -2.26. The lowest BCUT2D eigenvalue weighted by Crippen LogP contribution is -2.40. The summed E-state index contributed by atoms with van der Waals surface area (Å²) >= 11 is 0. The van der Waals surface area contributed by atoms with E-state index in [-0.39, 0.29) is 12.0 Å². The normalized spacial score (nSPS) is 17.9. The highest BCUT2D eigenvalue weighted by Crippen LogP contribution is 2.31. The highest BCUT2D eigenvalue weighted by Gasteiger charge is 2.22. The zero-order valence-corrected chi connectivity index (χ0v) is 13.0. The van der Waals surface area contributed by atoms with Crippen LogP contribution in [0.1, 0.15) is 10.4 Å². The first kappa shape index (κ1) is 14.7. The van der Waals surface area contributed by atoms with Gasteiger partial charge in [-0.25, -0.2) is 0 Å². The van der Waals surface area contributed by atoms with Gasteiger partial charge in [-0.2, -0.15) is 0 Å². The van der Waals surface area contributed by atoms with E-state index in [1.165, 1.54) is 0 Å². The number of benzene rings is 2. The number of ether oxygens (including phenoxy) is 4. The second-order valence-electron chi connectivity index (χ2n) is 5.57. The van der Waals surface area contributed by atoms with Crippen LogP contribution in [-0.4, -0.2) is 38.4 Å². The largest absolute Gasteiger partial charge is 0.486 e. The van der Waals surface area contributed by atoms with Gasteiger partial charge in [0.05, 0.1) is 6.54 Å². The van der Waals surface area contributed by atoms with Gasteiger partial charge in [0.25, 0.3) is 5.91 Å². The quantitative estimate of drug-likeness (QED) is 0.934. The summed E-state index contributed by atoms with van der Waals surface area (Å²) in [4.78, 5) is 12.3. The predicted octanol–water partition coefficient (Wildman–Crippen LogP) is 2.03. The predicted molar refractivity (Wildman–Crippen MR) is 86.1 cm³/mol. The molecule has 0 fully saturated rings. The molecule has 1 unspecified atom stereocenters. The van der Waals surface area contributed by atoms with Crippen LogP contribution in [0, 0.1) is 0 Å². The number of rotatable bonds is 3. The molecule has 0 saturated heterocycles. The number of hydrogen-bond donors (Lipinski definition) is 1. The molecule has 2 aromatic carbocycles. The van der Waals surface area contributed by atoms with Crippen molar-refractivity contribution in [1.82, 2.24) is 5.32 Å². The van der Waals surface area contributed by atoms with Gasteiger partial charge < -0.3 is 24.3 Å². The van der Waals surface area contributed by atoms with Gasteiger partial charge >= 0.3 is 0 Å². The van der Waals surface area contributed by atoms with Crippen molar-refractivity contribution in [3.63, 3.8) is 0 Å². The molecule has 4 rings (SSSR count). The molecule has 0 saturated carbocycles. The minimum absolute atomic E-state index is 0.186. The molecule has 1 amide bonds. The van der Waals surface area contributed by atoms with E-state index in [0.29, 0.717) is 49.2 Å². The van der Waals surface area contributed by atoms with Crippen molar-refractivity contribution in [2.75, 3.05) is 26.4 Å². The average Bonchev–Trinajstić information content (AvgIpc) is 2.65. The van der Waals surface area contributed by atoms with Crippen LogP contribution in [0.25, 0.3) is 0 Å². The zero-order chi connectivity index (χ0) is 16.4. The Morgan fingerprint density at radius 1 is 0.958 bits per heavy atom. The first-order chi connectivity index (χ1) is 11.8. The lowest BCUT2D eigenvalue weighted by atomic mass is 10.1. The molecule has 0 radical (unpaired) electrons. The summed E-state index contributed by atoms with van der Waals surface area (Å²) in [5.74, 6) is 2.50. The van der Waals surface area contributed by atoms with Crippen molar-refractivity contribution in [3.05, 3.63) is 48.0 Å². The second-order valence-corrected chi connectivity index (χ2v) is 5.57. The molecule has 0 spiro atoms. The smallest absolute Gasteiger partial charge is 0.251 e. The molecule has 1 N–H and O–H groups in total. The van der Waals surface area contributed by atoms with Crippen LogP contribution in [-0.2, 0) is 0 Å². The van der Waals surface area contributed by atoms with E-state index >= 15 is 0 Å². The fourth-order valence-electron chi connectivity index (χ4n) is 2.66. The van der Waals surface area contributed by atoms with Crippen LogP contribution in [0.2, 0.25) is 0 Å². The highest BCUT2D eigenvalue weighted by atomic mass is 16.6. The molecule has 24 heavy (non-hydrogen) atoms. The van der Waals surface area contributed by atoms with E-state index in [2.05, 4.69) is 5.32 Å². The minimum Gasteiger partial charge on any atom is -0.486 e. The number of carbonyl (C=O) groups excluding carboxylic acids is 1. The fourth-order valence-corrected chi connectivity index (χ4v) is 2.66. The van der Waals surface area contributed by atoms with Crippen molar-refractivity contribution in [2.24, 2.45) is 0 Å². The van der Waals surface area contributed by atoms with Crippen LogP contribution in [0.3, 0.4) is 0 Å². The van der Waals surface area contributed by atoms with Crippen molar-refractivity contribution in [1.29, 1.82) is 0 Å². The Morgan fingerprint density at radius 2 is 1.71 bits per heavy atom. The number of carbonyl (C=O) groups is 1. The van der Waals surface area contributed by atoms with Gasteiger partial charge in [-0.05, 0) is 30.3 Å². The molecule has 0 aliphatic carbocycles. The molecular weight excluding hydrogens is 310 g/mol. The summed E-state index contributed by atoms with van der Waals surface area (Å²) < 4.78 is 22.4. The lowest BCUT2D eigenvalue weighted by molar-refractivity contribution is 0.0788. The first-order valence-corrected chi connectivity index (χ1v) is 7.86. The van der Waals surface area contributed by atoms with Crippen molar-refractivity contribution in [2.45, 2.75) is 6.10 Å². The first-order valence-electron chi connectivity index (χ1n) is 7.86. The fraction of sp³-hybridized carbons (Fsp3) is 0.278. The van der Waals surface area contributed by atoms with Gasteiger partial charge in [0.15, 0.2) is 23.0 Å². The van der Waals surface area contributed by atoms with Crippen LogP contribution in [0.4, 0.5) is 0 Å². The van der Waals surface area contributed by atoms with E-state index in [4.69, 9.17) is 18.9 Å². The zero-order valence-electron chi connectivity index (χ0n) is 13.0. The Balaban J connectivity index is 1.37. The third-order valence-electron chi connectivity index (χ3n) is 3.86. The standard InChI is InChI=1S/C18H17NO5/c20-18(12-5-6-15-17(9-12)22-8-7-21-15)19-10-13-11-23-14-3-1-2-4-16(14)24-13/h1-6,9,13H,7-8,10-11H2,(H,19,20). The van der Waals surface area contributed by atoms with Crippen molar-refractivity contribution in [3.8, 4) is 23.0 Å². The molecule has 1 atom stereocenters. The highest BCUT2D eigenvalue weighted by molar-refractivity contribution is 5.94. The Bertz CT molecular complexity index is 761. The van der Waals surface area contributed by atoms with Crippen LogP contribution in [0.5, 0.6) is 23.0 Å². The Kier molecular flexibility index (Phi) is 3.86. The maximum Gasteiger partial charge on any atom is 0.251 e. The second kappa shape index (κ2) is 6.31. The molecule has 2 aliphatic rings. The summed E-state index contributed by atoms with van der Waals surface area (Å²) in [6, 6.07) is 12.7. The third-order valence-corrected chi connectivity index (χ3v) is 3.86. The molecule has 0 aromatic heterocycles. The topological polar surface area (TPSA) is 66.0 Å². The van der Waals surface area contributed by atoms with Crippen LogP contribution < -0.4 is 24.3 Å². The Hall–Kier alpha value is -2.89. The summed E-state index contributed by atoms with van der Waals surface area (Å²) in [5.41, 5.74) is 0.524. The monoisotopic (exact) mass is 327 g/mol. The Labute approximate surface area is 139 Å². The maximum absolute atomic E-state index is 12.3. The van der Waals surface area contributed by atoms with Gasteiger partial charge in [-0.15, -0.1) is 0 Å². The Morgan fingerprint density at radius 3 is 2.58 bits per heavy atom.